The van der Waals surface area contributed by atoms with Crippen molar-refractivity contribution in [2.24, 2.45) is 0 Å². The van der Waals surface area contributed by atoms with Crippen molar-refractivity contribution in [1.82, 2.24) is 10.2 Å². The van der Waals surface area contributed by atoms with E-state index in [-0.39, 0.29) is 11.4 Å². The molecule has 7 nitrogen and oxygen atoms in total. The minimum absolute atomic E-state index is 0.121. The van der Waals surface area contributed by atoms with Crippen LogP contribution >= 0.6 is 23.1 Å². The molecule has 0 aliphatic heterocycles. The number of carbonyl (C=O) groups excluding carboxylic acids is 1. The van der Waals surface area contributed by atoms with Crippen molar-refractivity contribution in [2.75, 3.05) is 21.9 Å². The SMILES string of the molecule is CCCSc1nnc(NC(=O)CN(c2ccc(C)c(C)c2)S(=O)(=O)c2ccccc2)s1. The zero-order valence-electron chi connectivity index (χ0n) is 17.5. The zero-order chi connectivity index (χ0) is 22.4. The molecule has 1 aromatic heterocycles. The number of hydrogen-bond donors (Lipinski definition) is 1. The fourth-order valence-corrected chi connectivity index (χ4v) is 5.84. The Labute approximate surface area is 191 Å². The summed E-state index contributed by atoms with van der Waals surface area (Å²) in [4.78, 5) is 12.9. The fraction of sp³-hybridized carbons (Fsp3) is 0.286. The van der Waals surface area contributed by atoms with Gasteiger partial charge in [-0.25, -0.2) is 8.42 Å². The highest BCUT2D eigenvalue weighted by atomic mass is 32.2. The Balaban J connectivity index is 1.87. The second-order valence-electron chi connectivity index (χ2n) is 6.86. The lowest BCUT2D eigenvalue weighted by Gasteiger charge is -2.24. The van der Waals surface area contributed by atoms with Crippen LogP contribution in [0.25, 0.3) is 0 Å². The molecule has 0 radical (unpaired) electrons. The van der Waals surface area contributed by atoms with Crippen LogP contribution in [0.15, 0.2) is 57.8 Å². The number of benzene rings is 2. The number of thioether (sulfide) groups is 1. The van der Waals surface area contributed by atoms with Crippen LogP contribution in [0.5, 0.6) is 0 Å². The average Bonchev–Trinajstić information content (AvgIpc) is 3.20. The number of aromatic nitrogens is 2. The summed E-state index contributed by atoms with van der Waals surface area (Å²) in [5.41, 5.74) is 2.41. The number of aryl methyl sites for hydroxylation is 2. The van der Waals surface area contributed by atoms with Crippen LogP contribution in [0.3, 0.4) is 0 Å². The van der Waals surface area contributed by atoms with E-state index in [1.165, 1.54) is 23.5 Å². The van der Waals surface area contributed by atoms with Gasteiger partial charge in [0, 0.05) is 5.75 Å². The van der Waals surface area contributed by atoms with Gasteiger partial charge in [0.1, 0.15) is 6.54 Å². The van der Waals surface area contributed by atoms with Gasteiger partial charge >= 0.3 is 0 Å². The maximum absolute atomic E-state index is 13.4. The number of nitrogens with one attached hydrogen (secondary N) is 1. The first kappa shape index (κ1) is 23.2. The largest absolute Gasteiger partial charge is 0.299 e. The molecule has 10 heteroatoms. The predicted molar refractivity (Wildman–Crippen MR) is 126 cm³/mol. The lowest BCUT2D eigenvalue weighted by Crippen LogP contribution is -2.38. The highest BCUT2D eigenvalue weighted by Gasteiger charge is 2.27. The summed E-state index contributed by atoms with van der Waals surface area (Å²) in [6.45, 7) is 5.55. The smallest absolute Gasteiger partial charge is 0.264 e. The van der Waals surface area contributed by atoms with E-state index in [1.807, 2.05) is 19.9 Å². The minimum Gasteiger partial charge on any atom is -0.299 e. The van der Waals surface area contributed by atoms with E-state index in [2.05, 4.69) is 22.4 Å². The number of nitrogens with zero attached hydrogens (tertiary/aromatic N) is 3. The van der Waals surface area contributed by atoms with Gasteiger partial charge in [-0.05, 0) is 55.7 Å². The summed E-state index contributed by atoms with van der Waals surface area (Å²) in [6, 6.07) is 13.4. The van der Waals surface area contributed by atoms with E-state index in [4.69, 9.17) is 0 Å². The van der Waals surface area contributed by atoms with Crippen molar-refractivity contribution in [2.45, 2.75) is 36.4 Å². The topological polar surface area (TPSA) is 92.3 Å². The number of carbonyl (C=O) groups is 1. The van der Waals surface area contributed by atoms with Gasteiger partial charge in [0.2, 0.25) is 11.0 Å². The van der Waals surface area contributed by atoms with Crippen LogP contribution in [-0.4, -0.2) is 36.8 Å². The van der Waals surface area contributed by atoms with Crippen molar-refractivity contribution < 1.29 is 13.2 Å². The molecule has 0 saturated carbocycles. The lowest BCUT2D eigenvalue weighted by atomic mass is 10.1. The van der Waals surface area contributed by atoms with Crippen LogP contribution in [0.4, 0.5) is 10.8 Å². The molecule has 1 N–H and O–H groups in total. The van der Waals surface area contributed by atoms with E-state index in [0.717, 1.165) is 31.9 Å². The molecule has 3 rings (SSSR count). The Hall–Kier alpha value is -2.43. The second-order valence-corrected chi connectivity index (χ2v) is 11.0. The van der Waals surface area contributed by atoms with Crippen LogP contribution in [0.1, 0.15) is 24.5 Å². The lowest BCUT2D eigenvalue weighted by molar-refractivity contribution is -0.114. The van der Waals surface area contributed by atoms with Gasteiger partial charge < -0.3 is 0 Å². The molecule has 0 aliphatic rings. The molecule has 0 aliphatic carbocycles. The predicted octanol–water partition coefficient (Wildman–Crippen LogP) is 4.49. The Morgan fingerprint density at radius 2 is 1.84 bits per heavy atom. The van der Waals surface area contributed by atoms with Crippen molar-refractivity contribution in [3.8, 4) is 0 Å². The molecule has 1 heterocycles. The van der Waals surface area contributed by atoms with E-state index in [0.29, 0.717) is 10.8 Å². The summed E-state index contributed by atoms with van der Waals surface area (Å²) in [7, 11) is -3.94. The van der Waals surface area contributed by atoms with Crippen molar-refractivity contribution >= 4 is 49.8 Å². The van der Waals surface area contributed by atoms with Crippen molar-refractivity contribution in [3.05, 3.63) is 59.7 Å². The number of anilines is 2. The summed E-state index contributed by atoms with van der Waals surface area (Å²) in [5, 5.41) is 11.1. The van der Waals surface area contributed by atoms with Crippen LogP contribution < -0.4 is 9.62 Å². The molecule has 0 spiro atoms. The Morgan fingerprint density at radius 1 is 1.10 bits per heavy atom. The molecule has 2 aromatic carbocycles. The summed E-state index contributed by atoms with van der Waals surface area (Å²) >= 11 is 2.84. The van der Waals surface area contributed by atoms with Gasteiger partial charge in [-0.1, -0.05) is 54.3 Å². The molecule has 0 atom stereocenters. The third-order valence-electron chi connectivity index (χ3n) is 4.48. The quantitative estimate of drug-likeness (QED) is 0.361. The number of hydrogen-bond acceptors (Lipinski definition) is 7. The molecule has 1 amide bonds. The molecular weight excluding hydrogens is 452 g/mol. The molecular formula is C21H24N4O3S3. The summed E-state index contributed by atoms with van der Waals surface area (Å²) in [6.07, 6.45) is 1.01. The van der Waals surface area contributed by atoms with E-state index in [9.17, 15) is 13.2 Å². The molecule has 164 valence electrons. The number of sulfonamides is 1. The fourth-order valence-electron chi connectivity index (χ4n) is 2.71. The highest BCUT2D eigenvalue weighted by molar-refractivity contribution is 8.01. The zero-order valence-corrected chi connectivity index (χ0v) is 20.0. The average molecular weight is 477 g/mol. The van der Waals surface area contributed by atoms with Gasteiger partial charge in [-0.3, -0.25) is 14.4 Å². The maximum Gasteiger partial charge on any atom is 0.264 e. The van der Waals surface area contributed by atoms with E-state index in [1.54, 1.807) is 42.1 Å². The highest BCUT2D eigenvalue weighted by Crippen LogP contribution is 2.28. The Bertz CT molecular complexity index is 1150. The minimum atomic E-state index is -3.94. The second kappa shape index (κ2) is 10.3. The normalized spacial score (nSPS) is 11.3. The number of rotatable bonds is 9. The summed E-state index contributed by atoms with van der Waals surface area (Å²) in [5.74, 6) is 0.430. The molecule has 3 aromatic rings. The van der Waals surface area contributed by atoms with Crippen LogP contribution in [0, 0.1) is 13.8 Å². The first-order chi connectivity index (χ1) is 14.8. The Morgan fingerprint density at radius 3 is 2.52 bits per heavy atom. The van der Waals surface area contributed by atoms with Gasteiger partial charge in [0.15, 0.2) is 4.34 Å². The van der Waals surface area contributed by atoms with Gasteiger partial charge in [-0.15, -0.1) is 10.2 Å². The third-order valence-corrected chi connectivity index (χ3v) is 8.45. The molecule has 31 heavy (non-hydrogen) atoms. The third kappa shape index (κ3) is 5.84. The first-order valence-corrected chi connectivity index (χ1v) is 13.0. The Kier molecular flexibility index (Phi) is 7.69. The van der Waals surface area contributed by atoms with Gasteiger partial charge in [0.25, 0.3) is 10.0 Å². The molecule has 0 bridgehead atoms. The van der Waals surface area contributed by atoms with Crippen molar-refractivity contribution in [3.63, 3.8) is 0 Å². The molecule has 0 fully saturated rings. The van der Waals surface area contributed by atoms with Crippen molar-refractivity contribution in [1.29, 1.82) is 0 Å². The monoisotopic (exact) mass is 476 g/mol. The first-order valence-electron chi connectivity index (χ1n) is 9.72. The van der Waals surface area contributed by atoms with Crippen LogP contribution in [0.2, 0.25) is 0 Å². The van der Waals surface area contributed by atoms with Crippen LogP contribution in [-0.2, 0) is 14.8 Å². The van der Waals surface area contributed by atoms with Gasteiger partial charge in [0.05, 0.1) is 10.6 Å². The molecule has 0 unspecified atom stereocenters. The molecule has 0 saturated heterocycles. The standard InChI is InChI=1S/C21H24N4O3S3/c1-4-12-29-21-24-23-20(30-21)22-19(26)14-25(17-11-10-15(2)16(3)13-17)31(27,28)18-8-6-5-7-9-18/h5-11,13H,4,12,14H2,1-3H3,(H,22,23,26). The van der Waals surface area contributed by atoms with E-state index >= 15 is 0 Å². The number of amides is 1. The van der Waals surface area contributed by atoms with E-state index < -0.39 is 15.9 Å². The maximum atomic E-state index is 13.4. The van der Waals surface area contributed by atoms with Gasteiger partial charge in [-0.2, -0.15) is 0 Å². The summed E-state index contributed by atoms with van der Waals surface area (Å²) < 4.78 is 28.6.